The Balaban J connectivity index is 0.000000293. The van der Waals surface area contributed by atoms with Crippen molar-refractivity contribution in [3.05, 3.63) is 30.1 Å². The van der Waals surface area contributed by atoms with Crippen molar-refractivity contribution in [1.82, 2.24) is 0 Å². The van der Waals surface area contributed by atoms with Gasteiger partial charge >= 0.3 is 6.18 Å². The number of hydrogen-bond acceptors (Lipinski definition) is 3. The number of aromatic nitrogens is 1. The van der Waals surface area contributed by atoms with Gasteiger partial charge in [-0.25, -0.2) is 4.57 Å². The van der Waals surface area contributed by atoms with Crippen LogP contribution in [-0.2, 0) is 17.6 Å². The Morgan fingerprint density at radius 2 is 2.06 bits per heavy atom. The van der Waals surface area contributed by atoms with Gasteiger partial charge in [-0.3, -0.25) is 0 Å². The highest BCUT2D eigenvalue weighted by atomic mass is 32.1. The summed E-state index contributed by atoms with van der Waals surface area (Å²) in [6.07, 6.45) is -1.13. The number of alkyl halides is 3. The lowest BCUT2D eigenvalue weighted by atomic mass is 10.3. The first kappa shape index (κ1) is 14.8. The van der Waals surface area contributed by atoms with E-state index in [0.717, 1.165) is 5.75 Å². The van der Waals surface area contributed by atoms with Crippen LogP contribution in [0, 0.1) is 0 Å². The molecule has 0 aliphatic rings. The number of hydrogen-bond donors (Lipinski definition) is 1. The molecule has 7 heteroatoms. The average molecular weight is 253 g/mol. The lowest BCUT2D eigenvalue weighted by Crippen LogP contribution is -2.37. The number of rotatable bonds is 1. The van der Waals surface area contributed by atoms with Gasteiger partial charge in [0.15, 0.2) is 12.4 Å². The maximum Gasteiger partial charge on any atom is 0.430 e. The largest absolute Gasteiger partial charge is 0.542 e. The minimum atomic E-state index is -5.19. The second kappa shape index (κ2) is 6.37. The van der Waals surface area contributed by atoms with Gasteiger partial charge in [-0.05, 0) is 6.07 Å². The van der Waals surface area contributed by atoms with Crippen molar-refractivity contribution < 1.29 is 27.6 Å². The van der Waals surface area contributed by atoms with Crippen molar-refractivity contribution in [1.29, 1.82) is 0 Å². The van der Waals surface area contributed by atoms with Crippen LogP contribution in [0.5, 0.6) is 0 Å². The highest BCUT2D eigenvalue weighted by Crippen LogP contribution is 2.11. The smallest absolute Gasteiger partial charge is 0.430 e. The van der Waals surface area contributed by atoms with Crippen LogP contribution in [0.25, 0.3) is 0 Å². The summed E-state index contributed by atoms with van der Waals surface area (Å²) in [4.78, 5) is 8.78. The van der Waals surface area contributed by atoms with Gasteiger partial charge in [0.05, 0.1) is 0 Å². The molecule has 0 fully saturated rings. The third-order valence-corrected chi connectivity index (χ3v) is 1.78. The van der Waals surface area contributed by atoms with Crippen LogP contribution in [0.2, 0.25) is 0 Å². The van der Waals surface area contributed by atoms with Crippen molar-refractivity contribution in [3.63, 3.8) is 0 Å². The summed E-state index contributed by atoms with van der Waals surface area (Å²) in [5.41, 5.74) is 1.25. The van der Waals surface area contributed by atoms with E-state index in [4.69, 9.17) is 9.90 Å². The zero-order chi connectivity index (χ0) is 12.8. The van der Waals surface area contributed by atoms with Crippen LogP contribution in [0.4, 0.5) is 13.2 Å². The first-order valence-corrected chi connectivity index (χ1v) is 4.74. The molecule has 0 aromatic carbocycles. The van der Waals surface area contributed by atoms with Crippen LogP contribution in [0.1, 0.15) is 5.56 Å². The Kier molecular flexibility index (Phi) is 5.87. The maximum atomic E-state index is 10.5. The van der Waals surface area contributed by atoms with Gasteiger partial charge in [0.2, 0.25) is 0 Å². The van der Waals surface area contributed by atoms with Gasteiger partial charge < -0.3 is 9.90 Å². The molecule has 0 radical (unpaired) electrons. The van der Waals surface area contributed by atoms with E-state index < -0.39 is 12.1 Å². The van der Waals surface area contributed by atoms with Gasteiger partial charge in [0.1, 0.15) is 13.0 Å². The molecule has 90 valence electrons. The van der Waals surface area contributed by atoms with Gasteiger partial charge in [0.25, 0.3) is 0 Å². The van der Waals surface area contributed by atoms with Gasteiger partial charge in [-0.1, -0.05) is 0 Å². The maximum absolute atomic E-state index is 10.5. The highest BCUT2D eigenvalue weighted by Gasteiger charge is 2.28. The number of carbonyl (C=O) groups excluding carboxylic acids is 1. The Morgan fingerprint density at radius 3 is 2.31 bits per heavy atom. The molecule has 0 bridgehead atoms. The highest BCUT2D eigenvalue weighted by molar-refractivity contribution is 7.79. The van der Waals surface area contributed by atoms with Crippen LogP contribution in [-0.4, -0.2) is 12.1 Å². The van der Waals surface area contributed by atoms with Gasteiger partial charge in [-0.2, -0.15) is 25.8 Å². The topological polar surface area (TPSA) is 44.0 Å². The molecule has 0 spiro atoms. The molecule has 0 atom stereocenters. The molecule has 0 N–H and O–H groups in total. The first-order valence-electron chi connectivity index (χ1n) is 4.10. The minimum Gasteiger partial charge on any atom is -0.542 e. The zero-order valence-corrected chi connectivity index (χ0v) is 9.26. The number of carbonyl (C=O) groups is 1. The van der Waals surface area contributed by atoms with Gasteiger partial charge in [0, 0.05) is 17.4 Å². The molecule has 0 amide bonds. The minimum absolute atomic E-state index is 0.814. The second-order valence-electron chi connectivity index (χ2n) is 2.82. The Morgan fingerprint density at radius 1 is 1.56 bits per heavy atom. The molecule has 0 aliphatic carbocycles. The third kappa shape index (κ3) is 6.28. The molecule has 16 heavy (non-hydrogen) atoms. The lowest BCUT2D eigenvalue weighted by Gasteiger charge is -2.03. The van der Waals surface area contributed by atoms with E-state index in [1.54, 1.807) is 0 Å². The fourth-order valence-electron chi connectivity index (χ4n) is 0.744. The summed E-state index contributed by atoms with van der Waals surface area (Å²) in [7, 11) is 2.01. The molecule has 1 aromatic rings. The van der Waals surface area contributed by atoms with E-state index in [1.165, 1.54) is 5.56 Å². The Labute approximate surface area is 95.9 Å². The summed E-state index contributed by atoms with van der Waals surface area (Å²) in [5, 5.41) is 8.78. The van der Waals surface area contributed by atoms with Crippen molar-refractivity contribution in [2.24, 2.45) is 7.05 Å². The van der Waals surface area contributed by atoms with E-state index >= 15 is 0 Å². The second-order valence-corrected chi connectivity index (χ2v) is 3.14. The fraction of sp³-hybridized carbons (Fsp3) is 0.333. The quantitative estimate of drug-likeness (QED) is 0.575. The van der Waals surface area contributed by atoms with E-state index in [9.17, 15) is 13.2 Å². The van der Waals surface area contributed by atoms with Crippen molar-refractivity contribution in [3.8, 4) is 0 Å². The number of aryl methyl sites for hydroxylation is 1. The number of carboxylic acids is 1. The predicted molar refractivity (Wildman–Crippen MR) is 51.4 cm³/mol. The summed E-state index contributed by atoms with van der Waals surface area (Å²) in [6, 6.07) is 4.08. The number of carboxylic acid groups (broad SMARTS) is 1. The lowest BCUT2D eigenvalue weighted by molar-refractivity contribution is -0.671. The van der Waals surface area contributed by atoms with E-state index in [0.29, 0.717) is 0 Å². The van der Waals surface area contributed by atoms with Crippen molar-refractivity contribution in [2.75, 3.05) is 0 Å². The van der Waals surface area contributed by atoms with E-state index in [-0.39, 0.29) is 0 Å². The van der Waals surface area contributed by atoms with Crippen LogP contribution < -0.4 is 9.67 Å². The van der Waals surface area contributed by atoms with Crippen LogP contribution >= 0.6 is 12.6 Å². The molecule has 0 aliphatic heterocycles. The summed E-state index contributed by atoms with van der Waals surface area (Å²) < 4.78 is 33.6. The fourth-order valence-corrected chi connectivity index (χ4v) is 0.931. The Hall–Kier alpha value is -1.24. The number of aliphatic carboxylic acids is 1. The summed E-state index contributed by atoms with van der Waals surface area (Å²) in [5.74, 6) is -2.19. The molecular formula is C9H10F3NO2S. The number of nitrogens with zero attached hydrogens (tertiary/aromatic N) is 1. The van der Waals surface area contributed by atoms with Crippen LogP contribution in [0.3, 0.4) is 0 Å². The monoisotopic (exact) mass is 253 g/mol. The number of halogens is 3. The van der Waals surface area contributed by atoms with Crippen molar-refractivity contribution in [2.45, 2.75) is 11.9 Å². The zero-order valence-electron chi connectivity index (χ0n) is 8.36. The van der Waals surface area contributed by atoms with Crippen LogP contribution in [0.15, 0.2) is 24.5 Å². The molecule has 0 unspecified atom stereocenters. The van der Waals surface area contributed by atoms with E-state index in [1.807, 2.05) is 23.9 Å². The first-order chi connectivity index (χ1) is 7.27. The molecule has 1 rings (SSSR count). The standard InChI is InChI=1S/C7H9NS.C2HF3O2/c1-8-4-2-3-7(5-8)6-9;3-2(4,5)1(6)7/h2-5H,6H2,1H3;(H,6,7). The number of pyridine rings is 1. The average Bonchev–Trinajstić information content (AvgIpc) is 2.17. The number of thiol groups is 1. The molecular weight excluding hydrogens is 243 g/mol. The SMILES string of the molecule is C[n+]1cccc(CS)c1.O=C([O-])C(F)(F)F. The normalized spacial score (nSPS) is 10.3. The summed E-state index contributed by atoms with van der Waals surface area (Å²) in [6.45, 7) is 0. The molecule has 1 aromatic heterocycles. The molecule has 0 saturated heterocycles. The van der Waals surface area contributed by atoms with E-state index in [2.05, 4.69) is 24.9 Å². The summed E-state index contributed by atoms with van der Waals surface area (Å²) >= 11 is 4.14. The predicted octanol–water partition coefficient (Wildman–Crippen LogP) is 0.239. The molecule has 3 nitrogen and oxygen atoms in total. The van der Waals surface area contributed by atoms with Crippen molar-refractivity contribution >= 4 is 18.6 Å². The molecule has 0 saturated carbocycles. The Bertz CT molecular complexity index is 355. The third-order valence-electron chi connectivity index (χ3n) is 1.41. The molecule has 1 heterocycles. The van der Waals surface area contributed by atoms with Gasteiger partial charge in [-0.15, -0.1) is 0 Å².